The Kier molecular flexibility index (Phi) is 6.20. The number of nitrogens with zero attached hydrogens (tertiary/aromatic N) is 1. The molecule has 1 amide bonds. The first-order valence-electron chi connectivity index (χ1n) is 7.90. The smallest absolute Gasteiger partial charge is 0.308 e. The first-order chi connectivity index (χ1) is 9.68. The number of carbonyl (C=O) groups excluding carboxylic acids is 1. The second kappa shape index (κ2) is 7.25. The number of amides is 1. The SMILES string of the molecule is CC1C(C(=O)O)CCN1C(=O)CCC(CCN)C(C)(C)C. The van der Waals surface area contributed by atoms with Gasteiger partial charge in [0, 0.05) is 19.0 Å². The van der Waals surface area contributed by atoms with E-state index in [1.54, 1.807) is 4.90 Å². The maximum Gasteiger partial charge on any atom is 0.308 e. The van der Waals surface area contributed by atoms with Gasteiger partial charge in [-0.25, -0.2) is 0 Å². The number of hydrogen-bond acceptors (Lipinski definition) is 3. The van der Waals surface area contributed by atoms with Crippen molar-refractivity contribution in [3.05, 3.63) is 0 Å². The Hall–Kier alpha value is -1.10. The standard InChI is InChI=1S/C16H30N2O3/c1-11-13(15(20)21)8-10-18(11)14(19)6-5-12(7-9-17)16(2,3)4/h11-13H,5-10,17H2,1-4H3,(H,20,21). The number of carbonyl (C=O) groups is 2. The summed E-state index contributed by atoms with van der Waals surface area (Å²) in [7, 11) is 0. The van der Waals surface area contributed by atoms with Gasteiger partial charge in [-0.3, -0.25) is 9.59 Å². The Morgan fingerprint density at radius 3 is 2.38 bits per heavy atom. The molecule has 3 N–H and O–H groups in total. The highest BCUT2D eigenvalue weighted by Gasteiger charge is 2.38. The van der Waals surface area contributed by atoms with Crippen LogP contribution in [0.15, 0.2) is 0 Å². The lowest BCUT2D eigenvalue weighted by Crippen LogP contribution is -2.38. The molecule has 0 aromatic heterocycles. The zero-order valence-corrected chi connectivity index (χ0v) is 13.8. The van der Waals surface area contributed by atoms with Crippen molar-refractivity contribution < 1.29 is 14.7 Å². The molecule has 0 saturated carbocycles. The van der Waals surface area contributed by atoms with E-state index in [9.17, 15) is 9.59 Å². The Bertz CT molecular complexity index is 376. The molecule has 1 rings (SSSR count). The summed E-state index contributed by atoms with van der Waals surface area (Å²) in [6, 6.07) is -0.197. The molecule has 5 nitrogen and oxygen atoms in total. The molecular formula is C16H30N2O3. The summed E-state index contributed by atoms with van der Waals surface area (Å²) in [6.07, 6.45) is 2.79. The molecule has 3 atom stereocenters. The van der Waals surface area contributed by atoms with Gasteiger partial charge in [0.05, 0.1) is 5.92 Å². The Morgan fingerprint density at radius 2 is 1.95 bits per heavy atom. The molecule has 0 aliphatic carbocycles. The lowest BCUT2D eigenvalue weighted by atomic mass is 9.76. The molecule has 122 valence electrons. The van der Waals surface area contributed by atoms with Gasteiger partial charge in [0.1, 0.15) is 0 Å². The van der Waals surface area contributed by atoms with E-state index in [0.717, 1.165) is 12.8 Å². The van der Waals surface area contributed by atoms with Crippen LogP contribution in [0.3, 0.4) is 0 Å². The van der Waals surface area contributed by atoms with Crippen molar-refractivity contribution in [1.82, 2.24) is 4.90 Å². The fourth-order valence-corrected chi connectivity index (χ4v) is 3.27. The van der Waals surface area contributed by atoms with Crippen LogP contribution < -0.4 is 5.73 Å². The third-order valence-corrected chi connectivity index (χ3v) is 4.84. The molecule has 1 heterocycles. The van der Waals surface area contributed by atoms with Crippen molar-refractivity contribution >= 4 is 11.9 Å². The summed E-state index contributed by atoms with van der Waals surface area (Å²) >= 11 is 0. The van der Waals surface area contributed by atoms with Crippen LogP contribution >= 0.6 is 0 Å². The largest absolute Gasteiger partial charge is 0.481 e. The van der Waals surface area contributed by atoms with Crippen LogP contribution in [0.5, 0.6) is 0 Å². The molecule has 3 unspecified atom stereocenters. The van der Waals surface area contributed by atoms with Gasteiger partial charge in [0.15, 0.2) is 0 Å². The zero-order valence-electron chi connectivity index (χ0n) is 13.8. The van der Waals surface area contributed by atoms with Crippen LogP contribution in [0.4, 0.5) is 0 Å². The van der Waals surface area contributed by atoms with Gasteiger partial charge in [0.25, 0.3) is 0 Å². The minimum Gasteiger partial charge on any atom is -0.481 e. The second-order valence-electron chi connectivity index (χ2n) is 7.24. The summed E-state index contributed by atoms with van der Waals surface area (Å²) in [4.78, 5) is 25.2. The molecule has 0 aromatic rings. The molecule has 5 heteroatoms. The molecule has 1 aliphatic heterocycles. The van der Waals surface area contributed by atoms with Crippen LogP contribution in [0, 0.1) is 17.3 Å². The van der Waals surface area contributed by atoms with Crippen molar-refractivity contribution in [2.24, 2.45) is 23.0 Å². The van der Waals surface area contributed by atoms with Crippen molar-refractivity contribution in [3.63, 3.8) is 0 Å². The van der Waals surface area contributed by atoms with E-state index in [4.69, 9.17) is 10.8 Å². The molecule has 0 bridgehead atoms. The maximum absolute atomic E-state index is 12.4. The van der Waals surface area contributed by atoms with E-state index in [1.807, 2.05) is 6.92 Å². The summed E-state index contributed by atoms with van der Waals surface area (Å²) < 4.78 is 0. The average molecular weight is 298 g/mol. The molecule has 0 spiro atoms. The Balaban J connectivity index is 2.56. The van der Waals surface area contributed by atoms with E-state index in [1.165, 1.54) is 0 Å². The van der Waals surface area contributed by atoms with Gasteiger partial charge < -0.3 is 15.7 Å². The number of carboxylic acid groups (broad SMARTS) is 1. The highest BCUT2D eigenvalue weighted by atomic mass is 16.4. The fourth-order valence-electron chi connectivity index (χ4n) is 3.27. The monoisotopic (exact) mass is 298 g/mol. The lowest BCUT2D eigenvalue weighted by molar-refractivity contribution is -0.143. The van der Waals surface area contributed by atoms with Crippen LogP contribution in [0.1, 0.15) is 53.4 Å². The molecule has 1 aliphatic rings. The highest BCUT2D eigenvalue weighted by molar-refractivity contribution is 5.79. The zero-order chi connectivity index (χ0) is 16.2. The number of nitrogens with two attached hydrogens (primary N) is 1. The maximum atomic E-state index is 12.4. The molecule has 1 fully saturated rings. The number of carboxylic acids is 1. The highest BCUT2D eigenvalue weighted by Crippen LogP contribution is 2.33. The van der Waals surface area contributed by atoms with Crippen LogP contribution in [0.2, 0.25) is 0 Å². The third kappa shape index (κ3) is 4.70. The van der Waals surface area contributed by atoms with Crippen LogP contribution in [0.25, 0.3) is 0 Å². The third-order valence-electron chi connectivity index (χ3n) is 4.84. The predicted molar refractivity (Wildman–Crippen MR) is 82.8 cm³/mol. The minimum atomic E-state index is -0.798. The van der Waals surface area contributed by atoms with Gasteiger partial charge in [-0.05, 0) is 44.1 Å². The molecule has 0 radical (unpaired) electrons. The number of hydrogen-bond donors (Lipinski definition) is 2. The summed E-state index contributed by atoms with van der Waals surface area (Å²) in [5, 5.41) is 9.13. The summed E-state index contributed by atoms with van der Waals surface area (Å²) in [6.45, 7) is 9.57. The molecule has 1 saturated heterocycles. The molecule has 0 aromatic carbocycles. The summed E-state index contributed by atoms with van der Waals surface area (Å²) in [5.74, 6) is -0.720. The summed E-state index contributed by atoms with van der Waals surface area (Å²) in [5.41, 5.74) is 5.81. The average Bonchev–Trinajstić information content (AvgIpc) is 2.74. The Morgan fingerprint density at radius 1 is 1.33 bits per heavy atom. The van der Waals surface area contributed by atoms with Crippen molar-refractivity contribution in [1.29, 1.82) is 0 Å². The fraction of sp³-hybridized carbons (Fsp3) is 0.875. The van der Waals surface area contributed by atoms with Gasteiger partial charge >= 0.3 is 5.97 Å². The molecular weight excluding hydrogens is 268 g/mol. The normalized spacial score (nSPS) is 24.1. The molecule has 21 heavy (non-hydrogen) atoms. The van der Waals surface area contributed by atoms with Gasteiger partial charge in [-0.1, -0.05) is 20.8 Å². The first kappa shape index (κ1) is 18.0. The predicted octanol–water partition coefficient (Wildman–Crippen LogP) is 2.10. The first-order valence-corrected chi connectivity index (χ1v) is 7.90. The van der Waals surface area contributed by atoms with Crippen LogP contribution in [-0.4, -0.2) is 41.0 Å². The van der Waals surface area contributed by atoms with Crippen molar-refractivity contribution in [2.45, 2.75) is 59.4 Å². The van der Waals surface area contributed by atoms with E-state index in [2.05, 4.69) is 20.8 Å². The topological polar surface area (TPSA) is 83.6 Å². The van der Waals surface area contributed by atoms with E-state index >= 15 is 0 Å². The number of aliphatic carboxylic acids is 1. The van der Waals surface area contributed by atoms with E-state index in [0.29, 0.717) is 31.8 Å². The van der Waals surface area contributed by atoms with Gasteiger partial charge in [-0.15, -0.1) is 0 Å². The number of likely N-dealkylation sites (tertiary alicyclic amines) is 1. The quantitative estimate of drug-likeness (QED) is 0.786. The Labute approximate surface area is 127 Å². The van der Waals surface area contributed by atoms with Crippen molar-refractivity contribution in [2.75, 3.05) is 13.1 Å². The van der Waals surface area contributed by atoms with Gasteiger partial charge in [0.2, 0.25) is 5.91 Å². The van der Waals surface area contributed by atoms with Crippen molar-refractivity contribution in [3.8, 4) is 0 Å². The van der Waals surface area contributed by atoms with Crippen LogP contribution in [-0.2, 0) is 9.59 Å². The van der Waals surface area contributed by atoms with E-state index in [-0.39, 0.29) is 17.4 Å². The van der Waals surface area contributed by atoms with E-state index < -0.39 is 11.9 Å². The lowest BCUT2D eigenvalue weighted by Gasteiger charge is -2.31. The second-order valence-corrected chi connectivity index (χ2v) is 7.24. The van der Waals surface area contributed by atoms with Gasteiger partial charge in [-0.2, -0.15) is 0 Å². The minimum absolute atomic E-state index is 0.0810. The number of rotatable bonds is 6.